The van der Waals surface area contributed by atoms with Crippen LogP contribution in [0.5, 0.6) is 5.75 Å². The van der Waals surface area contributed by atoms with Crippen LogP contribution in [0.25, 0.3) is 0 Å². The Morgan fingerprint density at radius 3 is 2.53 bits per heavy atom. The van der Waals surface area contributed by atoms with E-state index < -0.39 is 11.6 Å². The number of nitrogens with one attached hydrogen (secondary N) is 1. The molecule has 1 aliphatic rings. The van der Waals surface area contributed by atoms with E-state index in [2.05, 4.69) is 12.2 Å². The Balaban J connectivity index is 1.77. The molecule has 0 unspecified atom stereocenters. The fourth-order valence-electron chi connectivity index (χ4n) is 4.41. The van der Waals surface area contributed by atoms with Crippen molar-refractivity contribution < 1.29 is 19.4 Å². The third kappa shape index (κ3) is 6.49. The first-order chi connectivity index (χ1) is 18.5. The van der Waals surface area contributed by atoms with Gasteiger partial charge in [-0.25, -0.2) is 4.99 Å². The maximum atomic E-state index is 14.0. The van der Waals surface area contributed by atoms with Crippen molar-refractivity contribution >= 4 is 35.0 Å². The van der Waals surface area contributed by atoms with Crippen LogP contribution in [0, 0.1) is 0 Å². The first kappa shape index (κ1) is 28.0. The summed E-state index contributed by atoms with van der Waals surface area (Å²) in [6, 6.07) is 22.3. The zero-order valence-electron chi connectivity index (χ0n) is 21.3. The molecule has 1 heterocycles. The molecule has 1 amide bonds. The number of halogens is 2. The Hall–Kier alpha value is -3.06. The van der Waals surface area contributed by atoms with E-state index in [1.807, 2.05) is 54.6 Å². The number of aliphatic imine (C=N–C) groups is 1. The van der Waals surface area contributed by atoms with Gasteiger partial charge in [0.25, 0.3) is 5.91 Å². The van der Waals surface area contributed by atoms with Gasteiger partial charge in [0.05, 0.1) is 6.61 Å². The Morgan fingerprint density at radius 2 is 1.84 bits per heavy atom. The normalized spacial score (nSPS) is 18.5. The number of ether oxygens (including phenoxy) is 2. The second-order valence-electron chi connectivity index (χ2n) is 9.23. The number of amides is 1. The molecular weight excluding hydrogens is 523 g/mol. The molecule has 38 heavy (non-hydrogen) atoms. The molecule has 200 valence electrons. The van der Waals surface area contributed by atoms with Crippen LogP contribution in [-0.2, 0) is 16.0 Å². The Morgan fingerprint density at radius 1 is 1.08 bits per heavy atom. The van der Waals surface area contributed by atoms with Crippen LogP contribution >= 0.6 is 23.2 Å². The molecule has 0 saturated heterocycles. The summed E-state index contributed by atoms with van der Waals surface area (Å²) in [5.41, 5.74) is 1.01. The third-order valence-electron chi connectivity index (χ3n) is 6.41. The van der Waals surface area contributed by atoms with Gasteiger partial charge in [0.15, 0.2) is 11.6 Å². The van der Waals surface area contributed by atoms with E-state index in [0.29, 0.717) is 58.8 Å². The molecule has 2 atom stereocenters. The van der Waals surface area contributed by atoms with Crippen molar-refractivity contribution in [2.45, 2.75) is 44.2 Å². The summed E-state index contributed by atoms with van der Waals surface area (Å²) >= 11 is 12.9. The highest BCUT2D eigenvalue weighted by Crippen LogP contribution is 2.45. The molecule has 0 radical (unpaired) electrons. The highest BCUT2D eigenvalue weighted by molar-refractivity contribution is 6.35. The number of aliphatic hydroxyl groups is 1. The van der Waals surface area contributed by atoms with E-state index in [9.17, 15) is 4.79 Å². The molecule has 3 aromatic rings. The van der Waals surface area contributed by atoms with Crippen LogP contribution in [0.3, 0.4) is 0 Å². The van der Waals surface area contributed by atoms with Gasteiger partial charge in [-0.05, 0) is 48.4 Å². The molecule has 1 aliphatic heterocycles. The monoisotopic (exact) mass is 554 g/mol. The molecule has 8 heteroatoms. The van der Waals surface area contributed by atoms with Crippen molar-refractivity contribution in [3.8, 4) is 5.75 Å². The van der Waals surface area contributed by atoms with Crippen LogP contribution in [0.4, 0.5) is 0 Å². The summed E-state index contributed by atoms with van der Waals surface area (Å²) in [6.07, 6.45) is 1.91. The van der Waals surface area contributed by atoms with Crippen molar-refractivity contribution in [1.82, 2.24) is 5.32 Å². The summed E-state index contributed by atoms with van der Waals surface area (Å²) in [5, 5.41) is 13.0. The molecule has 0 aromatic heterocycles. The predicted octanol–water partition coefficient (Wildman–Crippen LogP) is 6.17. The number of benzene rings is 3. The van der Waals surface area contributed by atoms with E-state index in [1.54, 1.807) is 18.2 Å². The Labute approximate surface area is 233 Å². The molecule has 0 fully saturated rings. The summed E-state index contributed by atoms with van der Waals surface area (Å²) in [4.78, 5) is 19.0. The first-order valence-corrected chi connectivity index (χ1v) is 13.6. The lowest BCUT2D eigenvalue weighted by molar-refractivity contribution is -0.128. The van der Waals surface area contributed by atoms with Crippen LogP contribution in [0.15, 0.2) is 77.8 Å². The number of carbonyl (C=O) groups is 1. The average molecular weight is 556 g/mol. The fourth-order valence-corrected chi connectivity index (χ4v) is 4.92. The summed E-state index contributed by atoms with van der Waals surface area (Å²) in [6.45, 7) is 3.11. The number of hydrogen-bond donors (Lipinski definition) is 2. The van der Waals surface area contributed by atoms with E-state index in [-0.39, 0.29) is 12.5 Å². The highest BCUT2D eigenvalue weighted by Gasteiger charge is 2.53. The number of unbranched alkanes of at least 4 members (excludes halogenated alkanes) is 1. The number of aliphatic hydroxyl groups excluding tert-OH is 1. The summed E-state index contributed by atoms with van der Waals surface area (Å²) in [5.74, 6) is 0.806. The van der Waals surface area contributed by atoms with Gasteiger partial charge in [-0.2, -0.15) is 0 Å². The Kier molecular flexibility index (Phi) is 9.67. The maximum Gasteiger partial charge on any atom is 0.252 e. The van der Waals surface area contributed by atoms with Gasteiger partial charge in [-0.3, -0.25) is 4.79 Å². The zero-order valence-corrected chi connectivity index (χ0v) is 22.8. The third-order valence-corrected chi connectivity index (χ3v) is 6.97. The van der Waals surface area contributed by atoms with Crippen LogP contribution in [0.2, 0.25) is 10.0 Å². The van der Waals surface area contributed by atoms with Crippen LogP contribution < -0.4 is 10.1 Å². The smallest absolute Gasteiger partial charge is 0.252 e. The summed E-state index contributed by atoms with van der Waals surface area (Å²) in [7, 11) is 0. The molecule has 0 spiro atoms. The number of nitrogens with zero attached hydrogens (tertiary/aromatic N) is 1. The molecule has 0 saturated carbocycles. The molecule has 0 bridgehead atoms. The maximum absolute atomic E-state index is 14.0. The number of carbonyl (C=O) groups excluding carboxylic acids is 1. The van der Waals surface area contributed by atoms with Gasteiger partial charge in [-0.15, -0.1) is 0 Å². The highest BCUT2D eigenvalue weighted by atomic mass is 35.5. The van der Waals surface area contributed by atoms with E-state index in [4.69, 9.17) is 42.8 Å². The minimum Gasteiger partial charge on any atom is -0.494 e. The number of hydrogen-bond acceptors (Lipinski definition) is 5. The van der Waals surface area contributed by atoms with Gasteiger partial charge >= 0.3 is 0 Å². The molecule has 0 aliphatic carbocycles. The SMILES string of the molecule is CCCCNC(=O)[C@]1(Cc2ccccc2)N=C(c2ccc(OCCCO)cc2)O[C@@H]1c1ccc(Cl)cc1Cl. The minimum absolute atomic E-state index is 0.0706. The van der Waals surface area contributed by atoms with E-state index in [0.717, 1.165) is 18.4 Å². The lowest BCUT2D eigenvalue weighted by Gasteiger charge is -2.31. The Bertz CT molecular complexity index is 1250. The number of rotatable bonds is 12. The second-order valence-corrected chi connectivity index (χ2v) is 10.1. The summed E-state index contributed by atoms with van der Waals surface area (Å²) < 4.78 is 12.2. The predicted molar refractivity (Wildman–Crippen MR) is 151 cm³/mol. The van der Waals surface area contributed by atoms with E-state index >= 15 is 0 Å². The van der Waals surface area contributed by atoms with Gasteiger partial charge in [0.2, 0.25) is 5.90 Å². The molecule has 3 aromatic carbocycles. The minimum atomic E-state index is -1.29. The quantitative estimate of drug-likeness (QED) is 0.262. The van der Waals surface area contributed by atoms with Gasteiger partial charge in [-0.1, -0.05) is 72.9 Å². The average Bonchev–Trinajstić information content (AvgIpc) is 3.30. The van der Waals surface area contributed by atoms with Gasteiger partial charge in [0, 0.05) is 47.2 Å². The molecule has 2 N–H and O–H groups in total. The molecule has 4 rings (SSSR count). The van der Waals surface area contributed by atoms with Crippen molar-refractivity contribution in [1.29, 1.82) is 0 Å². The fraction of sp³-hybridized carbons (Fsp3) is 0.333. The van der Waals surface area contributed by atoms with Crippen molar-refractivity contribution in [2.75, 3.05) is 19.8 Å². The lowest BCUT2D eigenvalue weighted by Crippen LogP contribution is -2.50. The largest absolute Gasteiger partial charge is 0.494 e. The second kappa shape index (κ2) is 13.1. The zero-order chi connectivity index (χ0) is 27.0. The molecular formula is C30H32Cl2N2O4. The topological polar surface area (TPSA) is 80.2 Å². The lowest BCUT2D eigenvalue weighted by atomic mass is 9.82. The molecule has 6 nitrogen and oxygen atoms in total. The van der Waals surface area contributed by atoms with Crippen LogP contribution in [-0.4, -0.2) is 42.2 Å². The van der Waals surface area contributed by atoms with Gasteiger partial charge in [0.1, 0.15) is 5.75 Å². The van der Waals surface area contributed by atoms with Crippen molar-refractivity contribution in [3.63, 3.8) is 0 Å². The van der Waals surface area contributed by atoms with Gasteiger partial charge < -0.3 is 19.9 Å². The van der Waals surface area contributed by atoms with Crippen LogP contribution in [0.1, 0.15) is 49.0 Å². The van der Waals surface area contributed by atoms with Crippen molar-refractivity contribution in [2.24, 2.45) is 4.99 Å². The first-order valence-electron chi connectivity index (χ1n) is 12.8. The van der Waals surface area contributed by atoms with Crippen molar-refractivity contribution in [3.05, 3.63) is 99.5 Å². The van der Waals surface area contributed by atoms with E-state index in [1.165, 1.54) is 0 Å². The standard InChI is InChI=1S/C30H32Cl2N2O4/c1-2-3-16-33-29(36)30(20-21-8-5-4-6-9-21)27(25-15-12-23(31)19-26(25)32)38-28(34-30)22-10-13-24(14-11-22)37-18-7-17-35/h4-6,8-15,19,27,35H,2-3,7,16-18,20H2,1H3,(H,33,36)/t27-,30-/m1/s1.